The molecular weight excluding hydrogens is 270 g/mol. The second-order valence-corrected chi connectivity index (χ2v) is 4.93. The zero-order valence-electron chi connectivity index (χ0n) is 9.82. The number of ketones is 1. The molecular formula is C12H9NO5S. The molecule has 1 aromatic carbocycles. The van der Waals surface area contributed by atoms with Crippen LogP contribution in [0, 0.1) is 0 Å². The quantitative estimate of drug-likeness (QED) is 0.848. The fourth-order valence-corrected chi connectivity index (χ4v) is 2.17. The summed E-state index contributed by atoms with van der Waals surface area (Å²) in [6.07, 6.45) is 1.29. The number of hydrogen-bond acceptors (Lipinski definition) is 5. The van der Waals surface area contributed by atoms with Gasteiger partial charge in [0.1, 0.15) is 5.56 Å². The van der Waals surface area contributed by atoms with E-state index in [4.69, 9.17) is 9.63 Å². The molecule has 0 aliphatic rings. The van der Waals surface area contributed by atoms with Crippen molar-refractivity contribution in [3.8, 4) is 0 Å². The number of carbonyl (C=O) groups is 2. The van der Waals surface area contributed by atoms with Crippen molar-refractivity contribution in [2.45, 2.75) is 5.09 Å². The molecule has 1 atom stereocenters. The van der Waals surface area contributed by atoms with Crippen LogP contribution in [0.25, 0.3) is 0 Å². The van der Waals surface area contributed by atoms with Crippen LogP contribution in [0.15, 0.2) is 39.9 Å². The van der Waals surface area contributed by atoms with Crippen LogP contribution in [-0.4, -0.2) is 32.5 Å². The maximum atomic E-state index is 12.3. The Bertz CT molecular complexity index is 631. The Morgan fingerprint density at radius 1 is 1.26 bits per heavy atom. The van der Waals surface area contributed by atoms with Crippen LogP contribution in [0.2, 0.25) is 0 Å². The normalized spacial score (nSPS) is 12.1. The van der Waals surface area contributed by atoms with Gasteiger partial charge in [-0.3, -0.25) is 9.00 Å². The maximum Gasteiger partial charge on any atom is 0.358 e. The smallest absolute Gasteiger partial charge is 0.358 e. The fourth-order valence-electron chi connectivity index (χ4n) is 1.55. The van der Waals surface area contributed by atoms with Crippen LogP contribution in [0.5, 0.6) is 0 Å². The Morgan fingerprint density at radius 2 is 1.89 bits per heavy atom. The van der Waals surface area contributed by atoms with Crippen LogP contribution < -0.4 is 0 Å². The lowest BCUT2D eigenvalue weighted by atomic mass is 10.0. The molecule has 2 rings (SSSR count). The summed E-state index contributed by atoms with van der Waals surface area (Å²) in [6, 6.07) is 8.07. The third-order valence-corrected chi connectivity index (χ3v) is 3.19. The highest BCUT2D eigenvalue weighted by molar-refractivity contribution is 7.84. The average Bonchev–Trinajstić information content (AvgIpc) is 2.83. The van der Waals surface area contributed by atoms with E-state index in [1.165, 1.54) is 18.4 Å². The lowest BCUT2D eigenvalue weighted by molar-refractivity contribution is 0.0682. The minimum Gasteiger partial charge on any atom is -0.476 e. The van der Waals surface area contributed by atoms with Crippen molar-refractivity contribution in [2.75, 3.05) is 6.26 Å². The van der Waals surface area contributed by atoms with E-state index in [0.29, 0.717) is 0 Å². The molecule has 7 heteroatoms. The molecule has 0 aliphatic carbocycles. The van der Waals surface area contributed by atoms with E-state index in [2.05, 4.69) is 5.16 Å². The number of rotatable bonds is 4. The second-order valence-electron chi connectivity index (χ2n) is 3.65. The number of aromatic carboxylic acids is 1. The Morgan fingerprint density at radius 3 is 2.42 bits per heavy atom. The van der Waals surface area contributed by atoms with E-state index in [-0.39, 0.29) is 16.2 Å². The number of nitrogens with zero attached hydrogens (tertiary/aromatic N) is 1. The molecule has 0 bridgehead atoms. The monoisotopic (exact) mass is 279 g/mol. The van der Waals surface area contributed by atoms with Gasteiger partial charge in [0.05, 0.1) is 10.8 Å². The van der Waals surface area contributed by atoms with E-state index >= 15 is 0 Å². The van der Waals surface area contributed by atoms with Gasteiger partial charge >= 0.3 is 5.97 Å². The molecule has 0 fully saturated rings. The molecule has 2 aromatic rings. The van der Waals surface area contributed by atoms with Gasteiger partial charge in [-0.05, 0) is 0 Å². The Balaban J connectivity index is 2.60. The maximum absolute atomic E-state index is 12.3. The predicted molar refractivity (Wildman–Crippen MR) is 65.7 cm³/mol. The zero-order valence-corrected chi connectivity index (χ0v) is 10.6. The summed E-state index contributed by atoms with van der Waals surface area (Å²) in [5, 5.41) is 12.0. The zero-order chi connectivity index (χ0) is 14.0. The highest BCUT2D eigenvalue weighted by Crippen LogP contribution is 2.21. The van der Waals surface area contributed by atoms with Gasteiger partial charge in [-0.2, -0.15) is 0 Å². The van der Waals surface area contributed by atoms with Gasteiger partial charge in [0.15, 0.2) is 5.78 Å². The molecule has 0 saturated carbocycles. The first-order valence-electron chi connectivity index (χ1n) is 5.18. The Kier molecular flexibility index (Phi) is 3.57. The molecule has 6 nitrogen and oxygen atoms in total. The third kappa shape index (κ3) is 2.45. The van der Waals surface area contributed by atoms with E-state index in [0.717, 1.165) is 0 Å². The first-order chi connectivity index (χ1) is 9.02. The van der Waals surface area contributed by atoms with E-state index < -0.39 is 28.2 Å². The molecule has 1 unspecified atom stereocenters. The van der Waals surface area contributed by atoms with Crippen molar-refractivity contribution in [2.24, 2.45) is 0 Å². The topological polar surface area (TPSA) is 97.5 Å². The summed E-state index contributed by atoms with van der Waals surface area (Å²) >= 11 is 0. The minimum atomic E-state index is -1.64. The van der Waals surface area contributed by atoms with Gasteiger partial charge in [-0.1, -0.05) is 35.5 Å². The molecule has 0 amide bonds. The minimum absolute atomic E-state index is 0.230. The van der Waals surface area contributed by atoms with Gasteiger partial charge < -0.3 is 9.63 Å². The van der Waals surface area contributed by atoms with Gasteiger partial charge in [0.2, 0.25) is 10.8 Å². The van der Waals surface area contributed by atoms with Gasteiger partial charge in [0.25, 0.3) is 0 Å². The van der Waals surface area contributed by atoms with Gasteiger partial charge in [-0.25, -0.2) is 4.79 Å². The highest BCUT2D eigenvalue weighted by atomic mass is 32.2. The van der Waals surface area contributed by atoms with Crippen molar-refractivity contribution >= 4 is 22.6 Å². The summed E-state index contributed by atoms with van der Waals surface area (Å²) < 4.78 is 16.2. The summed E-state index contributed by atoms with van der Waals surface area (Å²) in [7, 11) is -1.64. The first-order valence-corrected chi connectivity index (χ1v) is 6.74. The molecule has 1 heterocycles. The number of aromatic nitrogens is 1. The van der Waals surface area contributed by atoms with Gasteiger partial charge in [0, 0.05) is 11.8 Å². The Labute approximate surface area is 110 Å². The molecule has 1 N–H and O–H groups in total. The van der Waals surface area contributed by atoms with E-state index in [9.17, 15) is 13.8 Å². The van der Waals surface area contributed by atoms with Crippen molar-refractivity contribution in [3.05, 3.63) is 47.2 Å². The molecule has 0 radical (unpaired) electrons. The van der Waals surface area contributed by atoms with Crippen molar-refractivity contribution in [1.29, 1.82) is 0 Å². The number of carbonyl (C=O) groups excluding carboxylic acids is 1. The molecule has 0 aliphatic heterocycles. The molecule has 1 aromatic heterocycles. The summed E-state index contributed by atoms with van der Waals surface area (Å²) in [6.45, 7) is 0. The fraction of sp³-hybridized carbons (Fsp3) is 0.0833. The lowest BCUT2D eigenvalue weighted by Gasteiger charge is -2.00. The number of hydrogen-bond donors (Lipinski definition) is 1. The number of carboxylic acids is 1. The first kappa shape index (κ1) is 13.2. The standard InChI is InChI=1S/C12H9NO5S/c1-19(17)12-8(9(11(15)16)13-18-12)10(14)7-5-3-2-4-6-7/h2-6H,1H3,(H,15,16). The lowest BCUT2D eigenvalue weighted by Crippen LogP contribution is -2.10. The van der Waals surface area contributed by atoms with Crippen molar-refractivity contribution in [1.82, 2.24) is 5.16 Å². The molecule has 98 valence electrons. The largest absolute Gasteiger partial charge is 0.476 e. The molecule has 0 saturated heterocycles. The van der Waals surface area contributed by atoms with E-state index in [1.807, 2.05) is 0 Å². The van der Waals surface area contributed by atoms with Crippen LogP contribution in [0.4, 0.5) is 0 Å². The number of carboxylic acid groups (broad SMARTS) is 1. The Hall–Kier alpha value is -2.28. The van der Waals surface area contributed by atoms with Gasteiger partial charge in [-0.15, -0.1) is 0 Å². The summed E-state index contributed by atoms with van der Waals surface area (Å²) in [4.78, 5) is 23.3. The van der Waals surface area contributed by atoms with Crippen LogP contribution in [-0.2, 0) is 10.8 Å². The van der Waals surface area contributed by atoms with Crippen LogP contribution >= 0.6 is 0 Å². The van der Waals surface area contributed by atoms with Crippen molar-refractivity contribution in [3.63, 3.8) is 0 Å². The van der Waals surface area contributed by atoms with Crippen LogP contribution in [0.3, 0.4) is 0 Å². The SMILES string of the molecule is CS(=O)c1onc(C(=O)O)c1C(=O)c1ccccc1. The average molecular weight is 279 g/mol. The summed E-state index contributed by atoms with van der Waals surface area (Å²) in [5.41, 5.74) is -0.515. The molecule has 19 heavy (non-hydrogen) atoms. The van der Waals surface area contributed by atoms with Crippen LogP contribution in [0.1, 0.15) is 26.4 Å². The van der Waals surface area contributed by atoms with Crippen molar-refractivity contribution < 1.29 is 23.4 Å². The third-order valence-electron chi connectivity index (χ3n) is 2.39. The number of benzene rings is 1. The molecule has 0 spiro atoms. The van der Waals surface area contributed by atoms with E-state index in [1.54, 1.807) is 18.2 Å². The second kappa shape index (κ2) is 5.15. The summed E-state index contributed by atoms with van der Waals surface area (Å²) in [5.74, 6) is -1.98. The highest BCUT2D eigenvalue weighted by Gasteiger charge is 2.29. The predicted octanol–water partition coefficient (Wildman–Crippen LogP) is 1.34.